The van der Waals surface area contributed by atoms with Crippen LogP contribution in [0.4, 0.5) is 0 Å². The third kappa shape index (κ3) is 4.72. The van der Waals surface area contributed by atoms with Gasteiger partial charge >= 0.3 is 11.6 Å². The second kappa shape index (κ2) is 9.11. The van der Waals surface area contributed by atoms with Crippen molar-refractivity contribution in [2.75, 3.05) is 0 Å². The van der Waals surface area contributed by atoms with Gasteiger partial charge in [-0.1, -0.05) is 24.6 Å². The molecular formula is C25H27NO6S. The van der Waals surface area contributed by atoms with E-state index in [2.05, 4.69) is 4.72 Å². The van der Waals surface area contributed by atoms with Gasteiger partial charge < -0.3 is 9.15 Å². The van der Waals surface area contributed by atoms with Crippen molar-refractivity contribution in [3.8, 4) is 5.75 Å². The summed E-state index contributed by atoms with van der Waals surface area (Å²) in [5.74, 6) is -0.430. The van der Waals surface area contributed by atoms with Gasteiger partial charge in [-0.05, 0) is 81.3 Å². The van der Waals surface area contributed by atoms with Crippen molar-refractivity contribution in [3.05, 3.63) is 69.1 Å². The quantitative estimate of drug-likeness (QED) is 0.333. The number of hydrogen-bond donors (Lipinski definition) is 1. The first-order valence-electron chi connectivity index (χ1n) is 11.1. The molecule has 2 aromatic carbocycles. The van der Waals surface area contributed by atoms with Gasteiger partial charge in [0.05, 0.1) is 10.3 Å². The number of carbonyl (C=O) groups excluding carboxylic acids is 1. The van der Waals surface area contributed by atoms with Crippen LogP contribution in [-0.4, -0.2) is 20.4 Å². The molecule has 174 valence electrons. The van der Waals surface area contributed by atoms with E-state index in [4.69, 9.17) is 9.15 Å². The first-order chi connectivity index (χ1) is 15.7. The zero-order valence-electron chi connectivity index (χ0n) is 18.9. The average molecular weight is 470 g/mol. The van der Waals surface area contributed by atoms with Gasteiger partial charge in [0.25, 0.3) is 0 Å². The van der Waals surface area contributed by atoms with E-state index in [0.717, 1.165) is 29.5 Å². The van der Waals surface area contributed by atoms with Gasteiger partial charge in [-0.2, -0.15) is 4.72 Å². The standard InChI is InChI=1S/C25H27NO6S/c1-4-20(26-33(29,30)17-11-9-15(2)10-12-17)25(28)32-22-14-16(3)13-21-23(22)18-7-5-6-8-19(18)24(27)31-21/h9-14,20,26H,4-8H2,1-3H3/t20-/m1/s1. The second-order valence-electron chi connectivity index (χ2n) is 8.51. The van der Waals surface area contributed by atoms with Crippen LogP contribution >= 0.6 is 0 Å². The van der Waals surface area contributed by atoms with Crippen LogP contribution in [0.3, 0.4) is 0 Å². The first-order valence-corrected chi connectivity index (χ1v) is 12.6. The summed E-state index contributed by atoms with van der Waals surface area (Å²) in [5, 5.41) is 0.611. The lowest BCUT2D eigenvalue weighted by Crippen LogP contribution is -2.42. The minimum absolute atomic E-state index is 0.0798. The zero-order valence-corrected chi connectivity index (χ0v) is 19.8. The van der Waals surface area contributed by atoms with Gasteiger partial charge in [0.1, 0.15) is 17.4 Å². The van der Waals surface area contributed by atoms with E-state index in [1.807, 2.05) is 13.8 Å². The Hall–Kier alpha value is -2.97. The molecule has 0 aliphatic heterocycles. The molecule has 1 N–H and O–H groups in total. The third-order valence-electron chi connectivity index (χ3n) is 5.96. The number of hydrogen-bond acceptors (Lipinski definition) is 6. The van der Waals surface area contributed by atoms with Crippen LogP contribution in [0.15, 0.2) is 50.5 Å². The molecule has 0 radical (unpaired) electrons. The molecule has 0 bridgehead atoms. The fraction of sp³-hybridized carbons (Fsp3) is 0.360. The van der Waals surface area contributed by atoms with Crippen LogP contribution in [0.1, 0.15) is 48.4 Å². The predicted octanol–water partition coefficient (Wildman–Crippen LogP) is 3.95. The number of esters is 1. The normalized spacial score (nSPS) is 14.6. The fourth-order valence-corrected chi connectivity index (χ4v) is 5.47. The number of nitrogens with one attached hydrogen (secondary N) is 1. The van der Waals surface area contributed by atoms with Crippen molar-refractivity contribution in [2.45, 2.75) is 63.8 Å². The fourth-order valence-electron chi connectivity index (χ4n) is 4.20. The number of sulfonamides is 1. The lowest BCUT2D eigenvalue weighted by Gasteiger charge is -2.20. The number of ether oxygens (including phenoxy) is 1. The van der Waals surface area contributed by atoms with Gasteiger partial charge in [-0.3, -0.25) is 0 Å². The summed E-state index contributed by atoms with van der Waals surface area (Å²) in [4.78, 5) is 25.6. The van der Waals surface area contributed by atoms with Crippen molar-refractivity contribution in [1.29, 1.82) is 0 Å². The predicted molar refractivity (Wildman–Crippen MR) is 125 cm³/mol. The Morgan fingerprint density at radius 3 is 2.39 bits per heavy atom. The van der Waals surface area contributed by atoms with Crippen LogP contribution in [0.25, 0.3) is 11.0 Å². The molecule has 1 aliphatic carbocycles. The van der Waals surface area contributed by atoms with Gasteiger partial charge in [0.2, 0.25) is 10.0 Å². The molecule has 1 aromatic heterocycles. The summed E-state index contributed by atoms with van der Waals surface area (Å²) in [6.07, 6.45) is 3.37. The molecule has 4 rings (SSSR count). The number of benzene rings is 2. The van der Waals surface area contributed by atoms with Gasteiger partial charge in [-0.15, -0.1) is 0 Å². The molecule has 8 heteroatoms. The van der Waals surface area contributed by atoms with Gasteiger partial charge in [-0.25, -0.2) is 18.0 Å². The summed E-state index contributed by atoms with van der Waals surface area (Å²) >= 11 is 0. The summed E-state index contributed by atoms with van der Waals surface area (Å²) in [6, 6.07) is 8.79. The molecule has 7 nitrogen and oxygen atoms in total. The third-order valence-corrected chi connectivity index (χ3v) is 7.45. The Labute approximate surface area is 192 Å². The Morgan fingerprint density at radius 1 is 1.06 bits per heavy atom. The number of aryl methyl sites for hydroxylation is 3. The highest BCUT2D eigenvalue weighted by molar-refractivity contribution is 7.89. The van der Waals surface area contributed by atoms with E-state index >= 15 is 0 Å². The minimum atomic E-state index is -3.91. The van der Waals surface area contributed by atoms with E-state index < -0.39 is 22.0 Å². The van der Waals surface area contributed by atoms with E-state index in [1.165, 1.54) is 12.1 Å². The zero-order chi connectivity index (χ0) is 23.8. The summed E-state index contributed by atoms with van der Waals surface area (Å²) < 4.78 is 39.3. The van der Waals surface area contributed by atoms with Gasteiger partial charge in [0, 0.05) is 5.56 Å². The van der Waals surface area contributed by atoms with Crippen LogP contribution < -0.4 is 15.1 Å². The molecule has 1 aliphatic rings. The van der Waals surface area contributed by atoms with Crippen LogP contribution in [0, 0.1) is 13.8 Å². The van der Waals surface area contributed by atoms with Crippen molar-refractivity contribution in [3.63, 3.8) is 0 Å². The Bertz CT molecular complexity index is 1370. The molecule has 0 unspecified atom stereocenters. The second-order valence-corrected chi connectivity index (χ2v) is 10.2. The molecular weight excluding hydrogens is 442 g/mol. The maximum atomic E-state index is 13.1. The highest BCUT2D eigenvalue weighted by Gasteiger charge is 2.28. The largest absolute Gasteiger partial charge is 0.425 e. The monoisotopic (exact) mass is 469 g/mol. The molecule has 1 heterocycles. The SMILES string of the molecule is CC[C@@H](NS(=O)(=O)c1ccc(C)cc1)C(=O)Oc1cc(C)cc2oc(=O)c3c(c12)CCCC3. The lowest BCUT2D eigenvalue weighted by molar-refractivity contribution is -0.136. The van der Waals surface area contributed by atoms with Gasteiger partial charge in [0.15, 0.2) is 0 Å². The maximum Gasteiger partial charge on any atom is 0.339 e. The van der Waals surface area contributed by atoms with E-state index in [1.54, 1.807) is 31.2 Å². The topological polar surface area (TPSA) is 103 Å². The summed E-state index contributed by atoms with van der Waals surface area (Å²) in [5.41, 5.74) is 3.19. The van der Waals surface area contributed by atoms with Crippen molar-refractivity contribution >= 4 is 27.0 Å². The summed E-state index contributed by atoms with van der Waals surface area (Å²) in [6.45, 7) is 5.38. The van der Waals surface area contributed by atoms with Crippen LogP contribution in [0.2, 0.25) is 0 Å². The van der Waals surface area contributed by atoms with E-state index in [-0.39, 0.29) is 22.7 Å². The number of carbonyl (C=O) groups is 1. The Kier molecular flexibility index (Phi) is 6.41. The molecule has 1 atom stereocenters. The highest BCUT2D eigenvalue weighted by Crippen LogP contribution is 2.34. The molecule has 0 saturated heterocycles. The van der Waals surface area contributed by atoms with Crippen molar-refractivity contribution in [2.24, 2.45) is 0 Å². The molecule has 0 saturated carbocycles. The molecule has 33 heavy (non-hydrogen) atoms. The minimum Gasteiger partial charge on any atom is -0.425 e. The summed E-state index contributed by atoms with van der Waals surface area (Å²) in [7, 11) is -3.91. The van der Waals surface area contributed by atoms with Crippen molar-refractivity contribution in [1.82, 2.24) is 4.72 Å². The number of fused-ring (bicyclic) bond motifs is 3. The molecule has 0 spiro atoms. The van der Waals surface area contributed by atoms with E-state index in [0.29, 0.717) is 29.4 Å². The number of rotatable bonds is 6. The van der Waals surface area contributed by atoms with Crippen molar-refractivity contribution < 1.29 is 22.4 Å². The molecule has 0 fully saturated rings. The smallest absolute Gasteiger partial charge is 0.339 e. The lowest BCUT2D eigenvalue weighted by atomic mass is 9.90. The maximum absolute atomic E-state index is 13.1. The Morgan fingerprint density at radius 2 is 1.73 bits per heavy atom. The Balaban J connectivity index is 1.68. The highest BCUT2D eigenvalue weighted by atomic mass is 32.2. The molecule has 3 aromatic rings. The average Bonchev–Trinajstić information content (AvgIpc) is 2.77. The molecule has 0 amide bonds. The first kappa shape index (κ1) is 23.2. The van der Waals surface area contributed by atoms with E-state index in [9.17, 15) is 18.0 Å². The van der Waals surface area contributed by atoms with Crippen LogP contribution in [-0.2, 0) is 27.7 Å². The van der Waals surface area contributed by atoms with Crippen LogP contribution in [0.5, 0.6) is 5.75 Å².